The van der Waals surface area contributed by atoms with Crippen LogP contribution in [0.5, 0.6) is 0 Å². The third-order valence-corrected chi connectivity index (χ3v) is 4.15. The zero-order chi connectivity index (χ0) is 17.6. The Kier molecular flexibility index (Phi) is 6.07. The van der Waals surface area contributed by atoms with Gasteiger partial charge >= 0.3 is 0 Å². The number of carbonyl (C=O) groups is 1. The van der Waals surface area contributed by atoms with E-state index in [2.05, 4.69) is 17.4 Å². The third kappa shape index (κ3) is 5.15. The molecule has 128 valence electrons. The molecule has 0 radical (unpaired) electrons. The van der Waals surface area contributed by atoms with Crippen molar-refractivity contribution in [3.63, 3.8) is 0 Å². The number of hydrogen-bond donors (Lipinski definition) is 1. The Morgan fingerprint density at radius 3 is 2.42 bits per heavy atom. The van der Waals surface area contributed by atoms with Gasteiger partial charge in [0.1, 0.15) is 11.6 Å². The summed E-state index contributed by atoms with van der Waals surface area (Å²) in [6.45, 7) is 3.68. The summed E-state index contributed by atoms with van der Waals surface area (Å²) < 4.78 is 26.6. The lowest BCUT2D eigenvalue weighted by Gasteiger charge is -2.23. The van der Waals surface area contributed by atoms with Crippen molar-refractivity contribution in [2.45, 2.75) is 39.5 Å². The molecule has 1 N–H and O–H groups in total. The van der Waals surface area contributed by atoms with Gasteiger partial charge in [-0.2, -0.15) is 0 Å². The monoisotopic (exact) mass is 331 g/mol. The lowest BCUT2D eigenvalue weighted by Crippen LogP contribution is -2.31. The highest BCUT2D eigenvalue weighted by Gasteiger charge is 2.27. The van der Waals surface area contributed by atoms with Crippen LogP contribution in [0.15, 0.2) is 48.5 Å². The normalized spacial score (nSPS) is 11.3. The Morgan fingerprint density at radius 1 is 1.04 bits per heavy atom. The average Bonchev–Trinajstić information content (AvgIpc) is 2.55. The minimum Gasteiger partial charge on any atom is -0.323 e. The Labute approximate surface area is 141 Å². The smallest absolute Gasteiger partial charge is 0.230 e. The van der Waals surface area contributed by atoms with Crippen LogP contribution in [0.3, 0.4) is 0 Å². The molecular weight excluding hydrogens is 308 g/mol. The summed E-state index contributed by atoms with van der Waals surface area (Å²) in [7, 11) is 0. The number of hydrogen-bond acceptors (Lipinski definition) is 1. The minimum absolute atomic E-state index is 0.0127. The molecule has 2 nitrogen and oxygen atoms in total. The Hall–Kier alpha value is -2.23. The molecule has 0 aliphatic rings. The highest BCUT2D eigenvalue weighted by molar-refractivity contribution is 5.94. The highest BCUT2D eigenvalue weighted by atomic mass is 19.1. The number of amides is 1. The quantitative estimate of drug-likeness (QED) is 0.682. The van der Waals surface area contributed by atoms with Crippen molar-refractivity contribution in [1.29, 1.82) is 0 Å². The van der Waals surface area contributed by atoms with Crippen molar-refractivity contribution in [1.82, 2.24) is 0 Å². The third-order valence-electron chi connectivity index (χ3n) is 4.15. The molecule has 2 aromatic rings. The fourth-order valence-electron chi connectivity index (χ4n) is 2.54. The van der Waals surface area contributed by atoms with Gasteiger partial charge in [0.2, 0.25) is 5.91 Å². The van der Waals surface area contributed by atoms with Crippen molar-refractivity contribution in [3.05, 3.63) is 65.7 Å². The van der Waals surface area contributed by atoms with E-state index in [0.29, 0.717) is 6.42 Å². The van der Waals surface area contributed by atoms with Crippen LogP contribution in [0.4, 0.5) is 14.5 Å². The minimum atomic E-state index is -0.761. The summed E-state index contributed by atoms with van der Waals surface area (Å²) >= 11 is 0. The number of rotatable bonds is 7. The largest absolute Gasteiger partial charge is 0.323 e. The van der Waals surface area contributed by atoms with Gasteiger partial charge in [0.25, 0.3) is 0 Å². The second-order valence-electron chi connectivity index (χ2n) is 6.65. The van der Waals surface area contributed by atoms with Crippen molar-refractivity contribution in [2.24, 2.45) is 5.41 Å². The maximum atomic E-state index is 13.6. The molecule has 0 saturated carbocycles. The number of unbranched alkanes of at least 4 members (excludes halogenated alkanes) is 1. The van der Waals surface area contributed by atoms with Gasteiger partial charge in [0.15, 0.2) is 0 Å². The molecule has 0 atom stereocenters. The molecule has 0 aromatic heterocycles. The molecule has 1 amide bonds. The van der Waals surface area contributed by atoms with Gasteiger partial charge in [0.05, 0.1) is 5.69 Å². The van der Waals surface area contributed by atoms with Gasteiger partial charge < -0.3 is 5.32 Å². The molecule has 0 heterocycles. The zero-order valence-electron chi connectivity index (χ0n) is 14.1. The van der Waals surface area contributed by atoms with Gasteiger partial charge in [-0.25, -0.2) is 8.78 Å². The predicted molar refractivity (Wildman–Crippen MR) is 92.8 cm³/mol. The molecule has 24 heavy (non-hydrogen) atoms. The molecule has 0 saturated heterocycles. The second kappa shape index (κ2) is 8.04. The van der Waals surface area contributed by atoms with E-state index in [-0.39, 0.29) is 11.6 Å². The van der Waals surface area contributed by atoms with E-state index in [1.54, 1.807) is 0 Å². The first-order valence-corrected chi connectivity index (χ1v) is 8.19. The van der Waals surface area contributed by atoms with E-state index in [4.69, 9.17) is 0 Å². The highest BCUT2D eigenvalue weighted by Crippen LogP contribution is 2.27. The van der Waals surface area contributed by atoms with Crippen LogP contribution >= 0.6 is 0 Å². The van der Waals surface area contributed by atoms with E-state index in [1.807, 2.05) is 32.0 Å². The van der Waals surface area contributed by atoms with E-state index >= 15 is 0 Å². The van der Waals surface area contributed by atoms with Crippen LogP contribution in [-0.2, 0) is 11.2 Å². The number of benzene rings is 2. The molecule has 0 aliphatic carbocycles. The van der Waals surface area contributed by atoms with Crippen LogP contribution in [0, 0.1) is 17.0 Å². The molecule has 0 unspecified atom stereocenters. The van der Waals surface area contributed by atoms with Crippen molar-refractivity contribution < 1.29 is 13.6 Å². The topological polar surface area (TPSA) is 29.1 Å². The Bertz CT molecular complexity index is 683. The van der Waals surface area contributed by atoms with E-state index in [1.165, 1.54) is 11.6 Å². The molecule has 0 bridgehead atoms. The standard InChI is InChI=1S/C20H23F2NO/c1-20(2,13-7-6-10-15-8-4-3-5-9-15)19(24)23-18-12-11-16(21)14-17(18)22/h3-5,8-9,11-12,14H,6-7,10,13H2,1-2H3,(H,23,24). The molecule has 0 aliphatic heterocycles. The SMILES string of the molecule is CC(C)(CCCCc1ccccc1)C(=O)Nc1ccc(F)cc1F. The maximum Gasteiger partial charge on any atom is 0.230 e. The number of nitrogens with one attached hydrogen (secondary N) is 1. The van der Waals surface area contributed by atoms with Crippen LogP contribution in [0.25, 0.3) is 0 Å². The number of carbonyl (C=O) groups excluding carboxylic acids is 1. The van der Waals surface area contributed by atoms with Gasteiger partial charge in [-0.3, -0.25) is 4.79 Å². The van der Waals surface area contributed by atoms with Gasteiger partial charge in [-0.1, -0.05) is 50.6 Å². The summed E-state index contributed by atoms with van der Waals surface area (Å²) in [4.78, 5) is 12.4. The first-order valence-electron chi connectivity index (χ1n) is 8.19. The van der Waals surface area contributed by atoms with Crippen molar-refractivity contribution in [3.8, 4) is 0 Å². The van der Waals surface area contributed by atoms with Crippen LogP contribution in [0.2, 0.25) is 0 Å². The molecular formula is C20H23F2NO. The fraction of sp³-hybridized carbons (Fsp3) is 0.350. The fourth-order valence-corrected chi connectivity index (χ4v) is 2.54. The molecule has 0 fully saturated rings. The van der Waals surface area contributed by atoms with E-state index < -0.39 is 17.0 Å². The number of anilines is 1. The van der Waals surface area contributed by atoms with Crippen molar-refractivity contribution in [2.75, 3.05) is 5.32 Å². The maximum absolute atomic E-state index is 13.6. The second-order valence-corrected chi connectivity index (χ2v) is 6.65. The van der Waals surface area contributed by atoms with E-state index in [9.17, 15) is 13.6 Å². The average molecular weight is 331 g/mol. The van der Waals surface area contributed by atoms with Crippen LogP contribution in [-0.4, -0.2) is 5.91 Å². The summed E-state index contributed by atoms with van der Waals surface area (Å²) in [5.74, 6) is -1.68. The first-order chi connectivity index (χ1) is 11.4. The Morgan fingerprint density at radius 2 is 1.75 bits per heavy atom. The Balaban J connectivity index is 1.83. The summed E-state index contributed by atoms with van der Waals surface area (Å²) in [6, 6.07) is 13.4. The summed E-state index contributed by atoms with van der Waals surface area (Å²) in [5, 5.41) is 2.56. The van der Waals surface area contributed by atoms with Gasteiger partial charge in [-0.15, -0.1) is 0 Å². The summed E-state index contributed by atoms with van der Waals surface area (Å²) in [6.07, 6.45) is 3.58. The molecule has 2 rings (SSSR count). The molecule has 2 aromatic carbocycles. The lowest BCUT2D eigenvalue weighted by molar-refractivity contribution is -0.124. The van der Waals surface area contributed by atoms with Gasteiger partial charge in [0, 0.05) is 11.5 Å². The van der Waals surface area contributed by atoms with Crippen molar-refractivity contribution >= 4 is 11.6 Å². The first kappa shape index (κ1) is 18.1. The number of halogens is 2. The van der Waals surface area contributed by atoms with Crippen LogP contribution in [0.1, 0.15) is 38.7 Å². The molecule has 4 heteroatoms. The van der Waals surface area contributed by atoms with Gasteiger partial charge in [-0.05, 0) is 37.0 Å². The lowest BCUT2D eigenvalue weighted by atomic mass is 9.85. The summed E-state index contributed by atoms with van der Waals surface area (Å²) in [5.41, 5.74) is 0.684. The number of aryl methyl sites for hydroxylation is 1. The predicted octanol–water partition coefficient (Wildman–Crippen LogP) is 5.34. The molecule has 0 spiro atoms. The van der Waals surface area contributed by atoms with Crippen LogP contribution < -0.4 is 5.32 Å². The zero-order valence-corrected chi connectivity index (χ0v) is 14.1. The van der Waals surface area contributed by atoms with E-state index in [0.717, 1.165) is 31.4 Å².